The molecule has 3 rings (SSSR count). The molecule has 0 spiro atoms. The van der Waals surface area contributed by atoms with E-state index in [1.807, 2.05) is 57.2 Å². The molecule has 4 heteroatoms. The Bertz CT molecular complexity index is 963. The van der Waals surface area contributed by atoms with Gasteiger partial charge in [0.15, 0.2) is 0 Å². The predicted molar refractivity (Wildman–Crippen MR) is 97.5 cm³/mol. The molecule has 1 aromatic heterocycles. The van der Waals surface area contributed by atoms with Gasteiger partial charge in [-0.1, -0.05) is 35.9 Å². The number of carbonyl (C=O) groups is 1. The lowest BCUT2D eigenvalue weighted by molar-refractivity contribution is -0.116. The summed E-state index contributed by atoms with van der Waals surface area (Å²) in [6, 6.07) is 13.3. The first kappa shape index (κ1) is 16.0. The van der Waals surface area contributed by atoms with Crippen molar-refractivity contribution in [2.45, 2.75) is 27.3 Å². The average Bonchev–Trinajstić information content (AvgIpc) is 2.54. The van der Waals surface area contributed by atoms with Crippen LogP contribution in [-0.2, 0) is 11.3 Å². The van der Waals surface area contributed by atoms with Gasteiger partial charge in [-0.25, -0.2) is 0 Å². The van der Waals surface area contributed by atoms with E-state index in [-0.39, 0.29) is 18.0 Å². The van der Waals surface area contributed by atoms with Crippen LogP contribution in [0.5, 0.6) is 0 Å². The fraction of sp³-hybridized carbons (Fsp3) is 0.200. The van der Waals surface area contributed by atoms with Crippen LogP contribution in [0.25, 0.3) is 10.8 Å². The monoisotopic (exact) mass is 320 g/mol. The molecule has 122 valence electrons. The second kappa shape index (κ2) is 6.32. The highest BCUT2D eigenvalue weighted by molar-refractivity contribution is 5.92. The number of hydrogen-bond acceptors (Lipinski definition) is 2. The van der Waals surface area contributed by atoms with Gasteiger partial charge in [0.1, 0.15) is 6.54 Å². The summed E-state index contributed by atoms with van der Waals surface area (Å²) in [4.78, 5) is 24.9. The third-order valence-electron chi connectivity index (χ3n) is 4.14. The van der Waals surface area contributed by atoms with E-state index in [9.17, 15) is 9.59 Å². The number of fused-ring (bicyclic) bond motifs is 1. The van der Waals surface area contributed by atoms with E-state index in [0.29, 0.717) is 5.39 Å². The van der Waals surface area contributed by atoms with Crippen LogP contribution in [0.4, 0.5) is 5.69 Å². The number of carbonyl (C=O) groups excluding carboxylic acids is 1. The first-order valence-corrected chi connectivity index (χ1v) is 7.91. The number of hydrogen-bond donors (Lipinski definition) is 1. The molecule has 4 nitrogen and oxygen atoms in total. The lowest BCUT2D eigenvalue weighted by atomic mass is 10.1. The molecule has 0 atom stereocenters. The number of aryl methyl sites for hydroxylation is 3. The van der Waals surface area contributed by atoms with Crippen molar-refractivity contribution < 1.29 is 4.79 Å². The Hall–Kier alpha value is -2.88. The summed E-state index contributed by atoms with van der Waals surface area (Å²) < 4.78 is 1.44. The number of aromatic nitrogens is 1. The third-order valence-corrected chi connectivity index (χ3v) is 4.14. The van der Waals surface area contributed by atoms with E-state index in [1.165, 1.54) is 4.57 Å². The standard InChI is InChI=1S/C20H20N2O2/c1-13-10-14(2)19(15(3)11-13)21-18(23)12-22-9-8-16-6-4-5-7-17(16)20(22)24/h4-11H,12H2,1-3H3,(H,21,23). The van der Waals surface area contributed by atoms with Crippen LogP contribution in [-0.4, -0.2) is 10.5 Å². The Morgan fingerprint density at radius 2 is 1.71 bits per heavy atom. The Balaban J connectivity index is 1.86. The summed E-state index contributed by atoms with van der Waals surface area (Å²) in [5.41, 5.74) is 3.87. The second-order valence-electron chi connectivity index (χ2n) is 6.16. The van der Waals surface area contributed by atoms with Crippen LogP contribution in [0.3, 0.4) is 0 Å². The highest BCUT2D eigenvalue weighted by Gasteiger charge is 2.10. The molecular formula is C20H20N2O2. The zero-order chi connectivity index (χ0) is 17.3. The van der Waals surface area contributed by atoms with Gasteiger partial charge in [-0.3, -0.25) is 9.59 Å². The summed E-state index contributed by atoms with van der Waals surface area (Å²) in [6.45, 7) is 5.96. The van der Waals surface area contributed by atoms with Crippen LogP contribution >= 0.6 is 0 Å². The van der Waals surface area contributed by atoms with Gasteiger partial charge in [-0.2, -0.15) is 0 Å². The molecule has 1 heterocycles. The van der Waals surface area contributed by atoms with Crippen molar-refractivity contribution in [2.75, 3.05) is 5.32 Å². The SMILES string of the molecule is Cc1cc(C)c(NC(=O)Cn2ccc3ccccc3c2=O)c(C)c1. The van der Waals surface area contributed by atoms with Crippen molar-refractivity contribution in [3.63, 3.8) is 0 Å². The van der Waals surface area contributed by atoms with Crippen molar-refractivity contribution in [3.8, 4) is 0 Å². The summed E-state index contributed by atoms with van der Waals surface area (Å²) in [6.07, 6.45) is 1.67. The van der Waals surface area contributed by atoms with Crippen molar-refractivity contribution in [1.29, 1.82) is 0 Å². The summed E-state index contributed by atoms with van der Waals surface area (Å²) in [5.74, 6) is -0.206. The second-order valence-corrected chi connectivity index (χ2v) is 6.16. The molecule has 0 saturated carbocycles. The van der Waals surface area contributed by atoms with Crippen LogP contribution < -0.4 is 10.9 Å². The molecule has 0 bridgehead atoms. The van der Waals surface area contributed by atoms with Gasteiger partial charge in [0.05, 0.1) is 0 Å². The molecule has 0 aliphatic heterocycles. The van der Waals surface area contributed by atoms with Crippen LogP contribution in [0, 0.1) is 20.8 Å². The van der Waals surface area contributed by atoms with Gasteiger partial charge >= 0.3 is 0 Å². The van der Waals surface area contributed by atoms with Crippen LogP contribution in [0.1, 0.15) is 16.7 Å². The molecule has 3 aromatic rings. The number of anilines is 1. The number of benzene rings is 2. The minimum absolute atomic E-state index is 0.00355. The Kier molecular flexibility index (Phi) is 4.21. The number of nitrogens with one attached hydrogen (secondary N) is 1. The van der Waals surface area contributed by atoms with E-state index >= 15 is 0 Å². The van der Waals surface area contributed by atoms with Crippen molar-refractivity contribution in [2.24, 2.45) is 0 Å². The Labute approximate surface area is 140 Å². The van der Waals surface area contributed by atoms with Gasteiger partial charge in [0, 0.05) is 17.3 Å². The summed E-state index contributed by atoms with van der Waals surface area (Å²) >= 11 is 0. The molecule has 0 unspecified atom stereocenters. The lowest BCUT2D eigenvalue weighted by Gasteiger charge is -2.13. The van der Waals surface area contributed by atoms with E-state index in [1.54, 1.807) is 12.3 Å². The summed E-state index contributed by atoms with van der Waals surface area (Å²) in [7, 11) is 0. The quantitative estimate of drug-likeness (QED) is 0.802. The number of rotatable bonds is 3. The van der Waals surface area contributed by atoms with E-state index < -0.39 is 0 Å². The Morgan fingerprint density at radius 3 is 2.42 bits per heavy atom. The number of amides is 1. The predicted octanol–water partition coefficient (Wildman–Crippen LogP) is 3.57. The van der Waals surface area contributed by atoms with Crippen molar-refractivity contribution >= 4 is 22.4 Å². The molecule has 2 aromatic carbocycles. The minimum atomic E-state index is -0.206. The zero-order valence-corrected chi connectivity index (χ0v) is 14.1. The van der Waals surface area contributed by atoms with Crippen LogP contribution in [0.2, 0.25) is 0 Å². The molecular weight excluding hydrogens is 300 g/mol. The minimum Gasteiger partial charge on any atom is -0.324 e. The normalized spacial score (nSPS) is 10.8. The number of nitrogens with zero attached hydrogens (tertiary/aromatic N) is 1. The Morgan fingerprint density at radius 1 is 1.04 bits per heavy atom. The molecule has 0 radical (unpaired) electrons. The summed E-state index contributed by atoms with van der Waals surface area (Å²) in [5, 5.41) is 4.43. The van der Waals surface area contributed by atoms with Gasteiger partial charge in [0.2, 0.25) is 5.91 Å². The maximum atomic E-state index is 12.5. The van der Waals surface area contributed by atoms with E-state index in [4.69, 9.17) is 0 Å². The van der Waals surface area contributed by atoms with Gasteiger partial charge in [0.25, 0.3) is 5.56 Å². The highest BCUT2D eigenvalue weighted by atomic mass is 16.2. The van der Waals surface area contributed by atoms with E-state index in [0.717, 1.165) is 27.8 Å². The molecule has 24 heavy (non-hydrogen) atoms. The first-order chi connectivity index (χ1) is 11.5. The third kappa shape index (κ3) is 3.08. The molecule has 1 N–H and O–H groups in total. The molecule has 0 aliphatic carbocycles. The average molecular weight is 320 g/mol. The van der Waals surface area contributed by atoms with E-state index in [2.05, 4.69) is 5.32 Å². The maximum Gasteiger partial charge on any atom is 0.258 e. The molecule has 0 fully saturated rings. The van der Waals surface area contributed by atoms with Gasteiger partial charge in [-0.15, -0.1) is 0 Å². The van der Waals surface area contributed by atoms with Gasteiger partial charge in [-0.05, 0) is 49.4 Å². The van der Waals surface area contributed by atoms with Crippen LogP contribution in [0.15, 0.2) is 53.5 Å². The number of pyridine rings is 1. The lowest BCUT2D eigenvalue weighted by Crippen LogP contribution is -2.27. The fourth-order valence-electron chi connectivity index (χ4n) is 3.07. The van der Waals surface area contributed by atoms with Gasteiger partial charge < -0.3 is 9.88 Å². The fourth-order valence-corrected chi connectivity index (χ4v) is 3.07. The van der Waals surface area contributed by atoms with Crippen molar-refractivity contribution in [3.05, 3.63) is 75.7 Å². The molecule has 1 amide bonds. The smallest absolute Gasteiger partial charge is 0.258 e. The van der Waals surface area contributed by atoms with Crippen molar-refractivity contribution in [1.82, 2.24) is 4.57 Å². The highest BCUT2D eigenvalue weighted by Crippen LogP contribution is 2.21. The topological polar surface area (TPSA) is 51.1 Å². The molecule has 0 saturated heterocycles. The maximum absolute atomic E-state index is 12.5. The largest absolute Gasteiger partial charge is 0.324 e. The molecule has 0 aliphatic rings. The first-order valence-electron chi connectivity index (χ1n) is 7.91. The zero-order valence-electron chi connectivity index (χ0n) is 14.1.